The van der Waals surface area contributed by atoms with Crippen LogP contribution in [0.25, 0.3) is 0 Å². The Balaban J connectivity index is 2.28. The summed E-state index contributed by atoms with van der Waals surface area (Å²) in [4.78, 5) is 11.9. The predicted octanol–water partition coefficient (Wildman–Crippen LogP) is 2.94. The fraction of sp³-hybridized carbons (Fsp3) is 0.133. The van der Waals surface area contributed by atoms with Crippen molar-refractivity contribution in [3.63, 3.8) is 0 Å². The zero-order valence-electron chi connectivity index (χ0n) is 9.94. The quantitative estimate of drug-likeness (QED) is 0.882. The molecule has 2 aromatic rings. The highest BCUT2D eigenvalue weighted by atomic mass is 19.3. The molecule has 4 heteroatoms. The van der Waals surface area contributed by atoms with Crippen molar-refractivity contribution < 1.29 is 13.6 Å². The molecule has 0 unspecified atom stereocenters. The first kappa shape index (κ1) is 11.8. The van der Waals surface area contributed by atoms with Gasteiger partial charge in [-0.2, -0.15) is 0 Å². The van der Waals surface area contributed by atoms with E-state index in [1.807, 2.05) is 0 Å². The highest BCUT2D eigenvalue weighted by Crippen LogP contribution is 2.41. The molecule has 19 heavy (non-hydrogen) atoms. The van der Waals surface area contributed by atoms with Gasteiger partial charge in [0.05, 0.1) is 0 Å². The van der Waals surface area contributed by atoms with Gasteiger partial charge >= 0.3 is 0 Å². The lowest BCUT2D eigenvalue weighted by atomic mass is 9.84. The van der Waals surface area contributed by atoms with E-state index in [0.717, 1.165) is 0 Å². The Morgan fingerprint density at radius 3 is 2.26 bits per heavy atom. The summed E-state index contributed by atoms with van der Waals surface area (Å²) in [6.45, 7) is 0. The van der Waals surface area contributed by atoms with Crippen molar-refractivity contribution in [3.8, 4) is 0 Å². The standard InChI is InChI=1S/C15H11F2NO/c16-14(17)15(10-6-2-1-3-7-10)12-9-5-4-8-11(12)13(19)18-15/h1-9,14H,(H,18,19)/t15-/m0/s1. The number of hydrogen-bond acceptors (Lipinski definition) is 1. The molecule has 1 aliphatic heterocycles. The Morgan fingerprint density at radius 2 is 1.58 bits per heavy atom. The molecule has 1 amide bonds. The number of amides is 1. The normalized spacial score (nSPS) is 21.3. The van der Waals surface area contributed by atoms with Gasteiger partial charge in [0.15, 0.2) is 5.54 Å². The molecule has 0 saturated carbocycles. The minimum Gasteiger partial charge on any atom is -0.333 e. The molecule has 0 fully saturated rings. The molecule has 1 N–H and O–H groups in total. The van der Waals surface area contributed by atoms with Gasteiger partial charge in [-0.05, 0) is 11.6 Å². The van der Waals surface area contributed by atoms with Crippen LogP contribution in [0.4, 0.5) is 8.78 Å². The number of fused-ring (bicyclic) bond motifs is 1. The lowest BCUT2D eigenvalue weighted by Crippen LogP contribution is -2.46. The molecule has 1 atom stereocenters. The third-order valence-electron chi connectivity index (χ3n) is 3.46. The van der Waals surface area contributed by atoms with Crippen LogP contribution in [0.15, 0.2) is 54.6 Å². The molecule has 0 aliphatic carbocycles. The van der Waals surface area contributed by atoms with E-state index >= 15 is 0 Å². The number of carbonyl (C=O) groups is 1. The smallest absolute Gasteiger partial charge is 0.269 e. The number of alkyl halides is 2. The van der Waals surface area contributed by atoms with Crippen LogP contribution in [-0.4, -0.2) is 12.3 Å². The van der Waals surface area contributed by atoms with Gasteiger partial charge in [-0.1, -0.05) is 48.5 Å². The Kier molecular flexibility index (Phi) is 2.59. The summed E-state index contributed by atoms with van der Waals surface area (Å²) in [7, 11) is 0. The van der Waals surface area contributed by atoms with Crippen molar-refractivity contribution in [1.29, 1.82) is 0 Å². The summed E-state index contributed by atoms with van der Waals surface area (Å²) in [5, 5.41) is 2.46. The number of rotatable bonds is 2. The summed E-state index contributed by atoms with van der Waals surface area (Å²) >= 11 is 0. The fourth-order valence-electron chi connectivity index (χ4n) is 2.57. The molecular formula is C15H11F2NO. The van der Waals surface area contributed by atoms with Crippen LogP contribution in [0.2, 0.25) is 0 Å². The van der Waals surface area contributed by atoms with Crippen LogP contribution >= 0.6 is 0 Å². The molecule has 0 saturated heterocycles. The van der Waals surface area contributed by atoms with Crippen molar-refractivity contribution in [2.45, 2.75) is 12.0 Å². The predicted molar refractivity (Wildman–Crippen MR) is 67.1 cm³/mol. The lowest BCUT2D eigenvalue weighted by molar-refractivity contribution is 0.0517. The molecule has 1 aliphatic rings. The summed E-state index contributed by atoms with van der Waals surface area (Å²) in [5.41, 5.74) is -0.703. The Labute approximate surface area is 109 Å². The van der Waals surface area contributed by atoms with E-state index in [4.69, 9.17) is 0 Å². The summed E-state index contributed by atoms with van der Waals surface area (Å²) < 4.78 is 27.4. The second-order valence-electron chi connectivity index (χ2n) is 4.47. The van der Waals surface area contributed by atoms with Gasteiger partial charge < -0.3 is 5.32 Å². The van der Waals surface area contributed by atoms with Crippen LogP contribution in [0.5, 0.6) is 0 Å². The van der Waals surface area contributed by atoms with E-state index in [1.54, 1.807) is 54.6 Å². The molecule has 0 spiro atoms. The SMILES string of the molecule is O=C1N[C@](c2ccccc2)(C(F)F)c2ccccc21. The van der Waals surface area contributed by atoms with Gasteiger partial charge in [0.1, 0.15) is 0 Å². The largest absolute Gasteiger partial charge is 0.333 e. The number of nitrogens with one attached hydrogen (secondary N) is 1. The Hall–Kier alpha value is -2.23. The average Bonchev–Trinajstić information content (AvgIpc) is 2.75. The molecule has 96 valence electrons. The number of carbonyl (C=O) groups excluding carboxylic acids is 1. The van der Waals surface area contributed by atoms with Crippen LogP contribution in [0, 0.1) is 0 Å². The van der Waals surface area contributed by atoms with E-state index in [9.17, 15) is 13.6 Å². The van der Waals surface area contributed by atoms with E-state index in [-0.39, 0.29) is 0 Å². The lowest BCUT2D eigenvalue weighted by Gasteiger charge is -2.30. The minimum atomic E-state index is -2.72. The molecular weight excluding hydrogens is 248 g/mol. The van der Waals surface area contributed by atoms with Gasteiger partial charge in [-0.25, -0.2) is 8.78 Å². The third kappa shape index (κ3) is 1.56. The van der Waals surface area contributed by atoms with Crippen molar-refractivity contribution >= 4 is 5.91 Å². The molecule has 2 aromatic carbocycles. The van der Waals surface area contributed by atoms with E-state index in [1.165, 1.54) is 0 Å². The molecule has 2 nitrogen and oxygen atoms in total. The maximum Gasteiger partial charge on any atom is 0.269 e. The number of hydrogen-bond donors (Lipinski definition) is 1. The van der Waals surface area contributed by atoms with E-state index in [2.05, 4.69) is 5.32 Å². The van der Waals surface area contributed by atoms with Crippen LogP contribution in [-0.2, 0) is 5.54 Å². The summed E-state index contributed by atoms with van der Waals surface area (Å²) in [6.07, 6.45) is -2.72. The van der Waals surface area contributed by atoms with Gasteiger partial charge in [-0.3, -0.25) is 4.79 Å². The molecule has 0 radical (unpaired) electrons. The van der Waals surface area contributed by atoms with Crippen molar-refractivity contribution in [2.24, 2.45) is 0 Å². The Bertz CT molecular complexity index is 627. The van der Waals surface area contributed by atoms with E-state index < -0.39 is 17.9 Å². The first-order chi connectivity index (χ1) is 9.16. The summed E-state index contributed by atoms with van der Waals surface area (Å²) in [6, 6.07) is 14.8. The molecule has 0 aromatic heterocycles. The van der Waals surface area contributed by atoms with Crippen molar-refractivity contribution in [2.75, 3.05) is 0 Å². The molecule has 3 rings (SSSR count). The zero-order valence-corrected chi connectivity index (χ0v) is 9.94. The summed E-state index contributed by atoms with van der Waals surface area (Å²) in [5.74, 6) is -0.459. The first-order valence-electron chi connectivity index (χ1n) is 5.92. The van der Waals surface area contributed by atoms with Crippen molar-refractivity contribution in [1.82, 2.24) is 5.32 Å². The zero-order chi connectivity index (χ0) is 13.5. The van der Waals surface area contributed by atoms with Crippen molar-refractivity contribution in [3.05, 3.63) is 71.3 Å². The Morgan fingerprint density at radius 1 is 0.947 bits per heavy atom. The van der Waals surface area contributed by atoms with Gasteiger partial charge in [0.25, 0.3) is 12.3 Å². The second kappa shape index (κ2) is 4.16. The molecule has 0 bridgehead atoms. The number of benzene rings is 2. The maximum atomic E-state index is 13.7. The van der Waals surface area contributed by atoms with Crippen LogP contribution in [0.1, 0.15) is 21.5 Å². The third-order valence-corrected chi connectivity index (χ3v) is 3.46. The van der Waals surface area contributed by atoms with E-state index in [0.29, 0.717) is 16.7 Å². The van der Waals surface area contributed by atoms with Gasteiger partial charge in [0.2, 0.25) is 0 Å². The first-order valence-corrected chi connectivity index (χ1v) is 5.92. The van der Waals surface area contributed by atoms with Gasteiger partial charge in [-0.15, -0.1) is 0 Å². The second-order valence-corrected chi connectivity index (χ2v) is 4.47. The highest BCUT2D eigenvalue weighted by Gasteiger charge is 2.51. The topological polar surface area (TPSA) is 29.1 Å². The maximum absolute atomic E-state index is 13.7. The van der Waals surface area contributed by atoms with Crippen LogP contribution < -0.4 is 5.32 Å². The number of halogens is 2. The van der Waals surface area contributed by atoms with Gasteiger partial charge in [0, 0.05) is 11.1 Å². The molecule has 1 heterocycles. The minimum absolute atomic E-state index is 0.312. The van der Waals surface area contributed by atoms with Crippen LogP contribution in [0.3, 0.4) is 0 Å². The average molecular weight is 259 g/mol. The monoisotopic (exact) mass is 259 g/mol. The fourth-order valence-corrected chi connectivity index (χ4v) is 2.57. The highest BCUT2D eigenvalue weighted by molar-refractivity contribution is 6.00.